The van der Waals surface area contributed by atoms with Gasteiger partial charge >= 0.3 is 0 Å². The number of nitrogens with zero attached hydrogens (tertiary/aromatic N) is 2. The minimum absolute atomic E-state index is 0.0511. The molecular weight excluding hydrogens is 292 g/mol. The Kier molecular flexibility index (Phi) is 4.32. The predicted octanol–water partition coefficient (Wildman–Crippen LogP) is 2.60. The van der Waals surface area contributed by atoms with Gasteiger partial charge in [0.2, 0.25) is 5.91 Å². The first-order valence-corrected chi connectivity index (χ1v) is 7.40. The van der Waals surface area contributed by atoms with Gasteiger partial charge in [-0.15, -0.1) is 0 Å². The van der Waals surface area contributed by atoms with E-state index in [9.17, 15) is 19.7 Å². The predicted molar refractivity (Wildman–Crippen MR) is 81.6 cm³/mol. The second-order valence-corrected chi connectivity index (χ2v) is 6.62. The zero-order valence-corrected chi connectivity index (χ0v) is 12.9. The fourth-order valence-electron chi connectivity index (χ4n) is 2.63. The average Bonchev–Trinajstić information content (AvgIpc) is 2.67. The van der Waals surface area contributed by atoms with Gasteiger partial charge in [-0.2, -0.15) is 0 Å². The highest BCUT2D eigenvalue weighted by molar-refractivity contribution is 8.14. The molecule has 112 valence electrons. The van der Waals surface area contributed by atoms with Crippen LogP contribution in [0.25, 0.3) is 0 Å². The van der Waals surface area contributed by atoms with E-state index in [1.165, 1.54) is 17.9 Å². The molecule has 0 aliphatic carbocycles. The van der Waals surface area contributed by atoms with E-state index < -0.39 is 4.92 Å². The van der Waals surface area contributed by atoms with Crippen molar-refractivity contribution in [3.63, 3.8) is 0 Å². The van der Waals surface area contributed by atoms with E-state index in [2.05, 4.69) is 0 Å². The number of carbonyl (C=O) groups is 2. The van der Waals surface area contributed by atoms with Crippen molar-refractivity contribution in [2.45, 2.75) is 32.4 Å². The number of hydrogen-bond acceptors (Lipinski definition) is 5. The molecule has 0 aromatic heterocycles. The van der Waals surface area contributed by atoms with E-state index in [1.54, 1.807) is 13.8 Å². The Hall–Kier alpha value is -1.89. The minimum Gasteiger partial charge on any atom is -0.305 e. The minimum atomic E-state index is -0.464. The zero-order chi connectivity index (χ0) is 15.7. The molecule has 0 bridgehead atoms. The molecule has 1 saturated heterocycles. The van der Waals surface area contributed by atoms with Gasteiger partial charge in [0, 0.05) is 31.2 Å². The summed E-state index contributed by atoms with van der Waals surface area (Å²) in [6, 6.07) is 3.29. The Balaban J connectivity index is 2.40. The van der Waals surface area contributed by atoms with Gasteiger partial charge in [-0.25, -0.2) is 0 Å². The number of carbonyl (C=O) groups excluding carboxylic acids is 2. The number of anilines is 1. The molecule has 1 atom stereocenters. The Morgan fingerprint density at radius 3 is 2.67 bits per heavy atom. The normalized spacial score (nSPS) is 18.1. The Bertz CT molecular complexity index is 630. The second kappa shape index (κ2) is 5.85. The molecular formula is C14H16N2O4S. The maximum Gasteiger partial charge on any atom is 0.293 e. The lowest BCUT2D eigenvalue weighted by molar-refractivity contribution is -0.384. The standard InChI is InChI=1S/C14H16N2O4S/c1-8-4-9(2)14(12(5-8)16(19)20)15-7-11(6-13(15)18)21-10(3)17/h4-5,11H,6-7H2,1-3H3. The molecule has 1 unspecified atom stereocenters. The smallest absolute Gasteiger partial charge is 0.293 e. The third-order valence-electron chi connectivity index (χ3n) is 3.31. The first-order valence-electron chi connectivity index (χ1n) is 6.53. The first kappa shape index (κ1) is 15.5. The van der Waals surface area contributed by atoms with Crippen molar-refractivity contribution in [2.24, 2.45) is 0 Å². The van der Waals surface area contributed by atoms with Crippen LogP contribution in [-0.4, -0.2) is 27.7 Å². The topological polar surface area (TPSA) is 80.5 Å². The highest BCUT2D eigenvalue weighted by Crippen LogP contribution is 2.37. The maximum absolute atomic E-state index is 12.2. The number of benzene rings is 1. The fourth-order valence-corrected chi connectivity index (χ4v) is 3.55. The van der Waals surface area contributed by atoms with Crippen molar-refractivity contribution in [3.05, 3.63) is 33.4 Å². The number of nitro benzene ring substituents is 1. The fraction of sp³-hybridized carbons (Fsp3) is 0.429. The van der Waals surface area contributed by atoms with Crippen molar-refractivity contribution in [3.8, 4) is 0 Å². The summed E-state index contributed by atoms with van der Waals surface area (Å²) in [5.74, 6) is -0.177. The molecule has 1 aliphatic rings. The summed E-state index contributed by atoms with van der Waals surface area (Å²) in [6.45, 7) is 5.32. The van der Waals surface area contributed by atoms with E-state index in [4.69, 9.17) is 0 Å². The van der Waals surface area contributed by atoms with Gasteiger partial charge in [-0.05, 0) is 25.0 Å². The molecule has 1 fully saturated rings. The zero-order valence-electron chi connectivity index (χ0n) is 12.1. The van der Waals surface area contributed by atoms with E-state index in [1.807, 2.05) is 6.07 Å². The molecule has 1 amide bonds. The highest BCUT2D eigenvalue weighted by Gasteiger charge is 2.36. The van der Waals surface area contributed by atoms with Crippen molar-refractivity contribution in [1.82, 2.24) is 0 Å². The molecule has 2 rings (SSSR count). The van der Waals surface area contributed by atoms with Crippen molar-refractivity contribution >= 4 is 34.2 Å². The summed E-state index contributed by atoms with van der Waals surface area (Å²) in [5.41, 5.74) is 1.77. The summed E-state index contributed by atoms with van der Waals surface area (Å²) in [5, 5.41) is 11.1. The molecule has 1 aliphatic heterocycles. The van der Waals surface area contributed by atoms with Crippen LogP contribution in [0, 0.1) is 24.0 Å². The maximum atomic E-state index is 12.2. The van der Waals surface area contributed by atoms with Gasteiger partial charge in [0.1, 0.15) is 5.69 Å². The summed E-state index contributed by atoms with van der Waals surface area (Å²) in [7, 11) is 0. The van der Waals surface area contributed by atoms with Crippen LogP contribution in [0.5, 0.6) is 0 Å². The molecule has 1 heterocycles. The Morgan fingerprint density at radius 1 is 1.43 bits per heavy atom. The number of hydrogen-bond donors (Lipinski definition) is 0. The molecule has 21 heavy (non-hydrogen) atoms. The van der Waals surface area contributed by atoms with E-state index >= 15 is 0 Å². The monoisotopic (exact) mass is 308 g/mol. The molecule has 7 heteroatoms. The lowest BCUT2D eigenvalue weighted by Crippen LogP contribution is -2.26. The first-order chi connectivity index (χ1) is 9.79. The molecule has 0 spiro atoms. The van der Waals surface area contributed by atoms with E-state index in [-0.39, 0.29) is 28.4 Å². The number of thioether (sulfide) groups is 1. The van der Waals surface area contributed by atoms with Gasteiger partial charge in [-0.3, -0.25) is 19.7 Å². The van der Waals surface area contributed by atoms with Crippen LogP contribution in [0.15, 0.2) is 12.1 Å². The van der Waals surface area contributed by atoms with Gasteiger partial charge in [-0.1, -0.05) is 17.8 Å². The largest absolute Gasteiger partial charge is 0.305 e. The lowest BCUT2D eigenvalue weighted by Gasteiger charge is -2.19. The van der Waals surface area contributed by atoms with Gasteiger partial charge in [0.05, 0.1) is 4.92 Å². The average molecular weight is 308 g/mol. The molecule has 1 aromatic rings. The Labute approximate surface area is 126 Å². The molecule has 0 radical (unpaired) electrons. The van der Waals surface area contributed by atoms with Crippen LogP contribution in [0.2, 0.25) is 0 Å². The van der Waals surface area contributed by atoms with Crippen LogP contribution in [0.4, 0.5) is 11.4 Å². The van der Waals surface area contributed by atoms with Gasteiger partial charge in [0.15, 0.2) is 5.12 Å². The summed E-state index contributed by atoms with van der Waals surface area (Å²) in [4.78, 5) is 35.5. The summed E-state index contributed by atoms with van der Waals surface area (Å²) < 4.78 is 0. The second-order valence-electron chi connectivity index (χ2n) is 5.15. The summed E-state index contributed by atoms with van der Waals surface area (Å²) in [6.07, 6.45) is 0.231. The van der Waals surface area contributed by atoms with Gasteiger partial charge < -0.3 is 4.90 Å². The molecule has 0 saturated carbocycles. The quantitative estimate of drug-likeness (QED) is 0.633. The SMILES string of the molecule is CC(=O)SC1CC(=O)N(c2c(C)cc(C)cc2[N+](=O)[O-])C1. The van der Waals surface area contributed by atoms with E-state index in [0.29, 0.717) is 17.8 Å². The van der Waals surface area contributed by atoms with Crippen molar-refractivity contribution < 1.29 is 14.5 Å². The Morgan fingerprint density at radius 2 is 2.10 bits per heavy atom. The molecule has 1 aromatic carbocycles. The third-order valence-corrected chi connectivity index (χ3v) is 4.29. The summed E-state index contributed by atoms with van der Waals surface area (Å²) >= 11 is 1.12. The highest BCUT2D eigenvalue weighted by atomic mass is 32.2. The molecule has 6 nitrogen and oxygen atoms in total. The van der Waals surface area contributed by atoms with E-state index in [0.717, 1.165) is 17.3 Å². The number of aryl methyl sites for hydroxylation is 2. The number of nitro groups is 1. The van der Waals surface area contributed by atoms with Gasteiger partial charge in [0.25, 0.3) is 5.69 Å². The molecule has 0 N–H and O–H groups in total. The van der Waals surface area contributed by atoms with Crippen LogP contribution in [0.1, 0.15) is 24.5 Å². The van der Waals surface area contributed by atoms with Crippen LogP contribution < -0.4 is 4.90 Å². The van der Waals surface area contributed by atoms with Crippen LogP contribution >= 0.6 is 11.8 Å². The van der Waals surface area contributed by atoms with Crippen LogP contribution in [-0.2, 0) is 9.59 Å². The lowest BCUT2D eigenvalue weighted by atomic mass is 10.1. The van der Waals surface area contributed by atoms with Crippen molar-refractivity contribution in [1.29, 1.82) is 0 Å². The van der Waals surface area contributed by atoms with Crippen LogP contribution in [0.3, 0.4) is 0 Å². The van der Waals surface area contributed by atoms with Crippen molar-refractivity contribution in [2.75, 3.05) is 11.4 Å². The number of amides is 1. The number of rotatable bonds is 3. The third kappa shape index (κ3) is 3.24.